The zero-order valence-corrected chi connectivity index (χ0v) is 15.5. The van der Waals surface area contributed by atoms with Crippen LogP contribution in [0.1, 0.15) is 6.92 Å². The van der Waals surface area contributed by atoms with E-state index >= 15 is 0 Å². The molecule has 0 aromatic heterocycles. The predicted molar refractivity (Wildman–Crippen MR) is 84.2 cm³/mol. The maximum Gasteiger partial charge on any atom is 0.217 e. The number of nitrogens with one attached hydrogen (secondary N) is 1. The van der Waals surface area contributed by atoms with Gasteiger partial charge in [-0.3, -0.25) is 4.79 Å². The summed E-state index contributed by atoms with van der Waals surface area (Å²) in [4.78, 5) is 11.5. The fourth-order valence-corrected chi connectivity index (χ4v) is 3.72. The van der Waals surface area contributed by atoms with Gasteiger partial charge in [0.1, 0.15) is 24.4 Å². The number of ether oxygens (including phenoxy) is 4. The number of amides is 1. The highest BCUT2D eigenvalue weighted by Gasteiger charge is 2.48. The Bertz CT molecular complexity index is 362. The Kier molecular flexibility index (Phi) is 7.43. The average molecular weight is 335 g/mol. The van der Waals surface area contributed by atoms with E-state index in [-0.39, 0.29) is 24.2 Å². The quantitative estimate of drug-likeness (QED) is 0.692. The summed E-state index contributed by atoms with van der Waals surface area (Å²) in [5.74, 6) is -0.172. The summed E-state index contributed by atoms with van der Waals surface area (Å²) in [6.45, 7) is 8.11. The third kappa shape index (κ3) is 5.29. The van der Waals surface area contributed by atoms with Gasteiger partial charge in [0.05, 0.1) is 6.61 Å². The SMILES string of the molecule is COC[C@H]1O[C@H](OC)[C@H](NC(C)=O)[C@@H](OC)[C@@H]1O[Si](C)(C)C. The molecule has 1 saturated heterocycles. The van der Waals surface area contributed by atoms with Crippen molar-refractivity contribution in [1.82, 2.24) is 5.32 Å². The van der Waals surface area contributed by atoms with Crippen LogP contribution in [0.4, 0.5) is 0 Å². The van der Waals surface area contributed by atoms with E-state index in [0.717, 1.165) is 0 Å². The van der Waals surface area contributed by atoms with Gasteiger partial charge < -0.3 is 28.7 Å². The molecule has 0 aromatic carbocycles. The van der Waals surface area contributed by atoms with Crippen LogP contribution in [-0.2, 0) is 28.2 Å². The highest BCUT2D eigenvalue weighted by molar-refractivity contribution is 6.69. The summed E-state index contributed by atoms with van der Waals surface area (Å²) in [6.07, 6.45) is -1.65. The van der Waals surface area contributed by atoms with Gasteiger partial charge >= 0.3 is 0 Å². The maximum absolute atomic E-state index is 11.5. The first-order chi connectivity index (χ1) is 10.2. The van der Waals surface area contributed by atoms with Crippen LogP contribution in [0.3, 0.4) is 0 Å². The summed E-state index contributed by atoms with van der Waals surface area (Å²) >= 11 is 0. The maximum atomic E-state index is 11.5. The molecule has 5 atom stereocenters. The molecule has 1 aliphatic rings. The first kappa shape index (κ1) is 19.5. The number of carbonyl (C=O) groups excluding carboxylic acids is 1. The van der Waals surface area contributed by atoms with Crippen molar-refractivity contribution in [3.8, 4) is 0 Å². The van der Waals surface area contributed by atoms with Crippen LogP contribution in [0.5, 0.6) is 0 Å². The second-order valence-electron chi connectivity index (χ2n) is 6.36. The van der Waals surface area contributed by atoms with E-state index in [9.17, 15) is 4.79 Å². The van der Waals surface area contributed by atoms with Crippen molar-refractivity contribution >= 4 is 14.2 Å². The number of hydrogen-bond donors (Lipinski definition) is 1. The minimum atomic E-state index is -1.84. The second kappa shape index (κ2) is 8.37. The van der Waals surface area contributed by atoms with Crippen LogP contribution in [0, 0.1) is 0 Å². The van der Waals surface area contributed by atoms with E-state index in [1.54, 1.807) is 14.2 Å². The number of carbonyl (C=O) groups is 1. The van der Waals surface area contributed by atoms with Crippen LogP contribution in [0.2, 0.25) is 19.6 Å². The van der Waals surface area contributed by atoms with Crippen LogP contribution in [0.15, 0.2) is 0 Å². The molecule has 0 saturated carbocycles. The van der Waals surface area contributed by atoms with Gasteiger partial charge in [0.2, 0.25) is 5.91 Å². The standard InChI is InChI=1S/C14H29NO6Si/c1-9(16)15-11-13(18-3)12(21-22(5,6)7)10(8-17-2)20-14(11)19-4/h10-14H,8H2,1-7H3,(H,15,16)/t10-,11-,12-,13-,14+/m1/s1. The number of hydrogen-bond acceptors (Lipinski definition) is 6. The molecule has 8 heteroatoms. The molecule has 0 unspecified atom stereocenters. The zero-order valence-electron chi connectivity index (χ0n) is 14.5. The van der Waals surface area contributed by atoms with Gasteiger partial charge in [-0.2, -0.15) is 0 Å². The van der Waals surface area contributed by atoms with Gasteiger partial charge in [-0.25, -0.2) is 0 Å². The lowest BCUT2D eigenvalue weighted by Gasteiger charge is -2.47. The summed E-state index contributed by atoms with van der Waals surface area (Å²) in [7, 11) is 2.90. The minimum absolute atomic E-state index is 0.172. The third-order valence-electron chi connectivity index (χ3n) is 3.34. The van der Waals surface area contributed by atoms with Gasteiger partial charge in [0, 0.05) is 28.3 Å². The van der Waals surface area contributed by atoms with Crippen LogP contribution in [-0.4, -0.2) is 72.8 Å². The van der Waals surface area contributed by atoms with Crippen molar-refractivity contribution in [2.45, 2.75) is 57.2 Å². The van der Waals surface area contributed by atoms with Gasteiger partial charge in [0.25, 0.3) is 0 Å². The van der Waals surface area contributed by atoms with E-state index in [1.165, 1.54) is 14.0 Å². The molecule has 1 fully saturated rings. The van der Waals surface area contributed by atoms with Crippen molar-refractivity contribution in [3.63, 3.8) is 0 Å². The molecule has 1 amide bonds. The van der Waals surface area contributed by atoms with E-state index in [0.29, 0.717) is 6.61 Å². The molecule has 1 rings (SSSR count). The molecular formula is C14H29NO6Si. The summed E-state index contributed by atoms with van der Waals surface area (Å²) in [5, 5.41) is 2.84. The Labute approximate surface area is 133 Å². The van der Waals surface area contributed by atoms with Gasteiger partial charge in [-0.1, -0.05) is 0 Å². The molecule has 130 valence electrons. The molecule has 7 nitrogen and oxygen atoms in total. The van der Waals surface area contributed by atoms with Crippen LogP contribution in [0.25, 0.3) is 0 Å². The molecule has 1 N–H and O–H groups in total. The van der Waals surface area contributed by atoms with Crippen molar-refractivity contribution in [3.05, 3.63) is 0 Å². The van der Waals surface area contributed by atoms with Crippen molar-refractivity contribution in [2.24, 2.45) is 0 Å². The first-order valence-corrected chi connectivity index (χ1v) is 10.8. The molecule has 0 spiro atoms. The Morgan fingerprint density at radius 1 is 1.14 bits per heavy atom. The van der Waals surface area contributed by atoms with E-state index in [2.05, 4.69) is 25.0 Å². The molecule has 22 heavy (non-hydrogen) atoms. The Morgan fingerprint density at radius 2 is 1.77 bits per heavy atom. The van der Waals surface area contributed by atoms with Crippen molar-refractivity contribution in [1.29, 1.82) is 0 Å². The highest BCUT2D eigenvalue weighted by atomic mass is 28.4. The fourth-order valence-electron chi connectivity index (χ4n) is 2.62. The number of methoxy groups -OCH3 is 3. The minimum Gasteiger partial charge on any atom is -0.409 e. The Balaban J connectivity index is 3.06. The monoisotopic (exact) mass is 335 g/mol. The molecule has 0 radical (unpaired) electrons. The largest absolute Gasteiger partial charge is 0.409 e. The molecular weight excluding hydrogens is 306 g/mol. The van der Waals surface area contributed by atoms with Crippen molar-refractivity contribution in [2.75, 3.05) is 27.9 Å². The lowest BCUT2D eigenvalue weighted by atomic mass is 9.96. The third-order valence-corrected chi connectivity index (χ3v) is 4.32. The topological polar surface area (TPSA) is 75.2 Å². The summed E-state index contributed by atoms with van der Waals surface area (Å²) in [5.41, 5.74) is 0. The van der Waals surface area contributed by atoms with Gasteiger partial charge in [-0.05, 0) is 19.6 Å². The molecule has 1 heterocycles. The van der Waals surface area contributed by atoms with Crippen LogP contribution >= 0.6 is 0 Å². The molecule has 1 aliphatic heterocycles. The zero-order chi connectivity index (χ0) is 16.9. The highest BCUT2D eigenvalue weighted by Crippen LogP contribution is 2.28. The average Bonchev–Trinajstić information content (AvgIpc) is 2.39. The fraction of sp³-hybridized carbons (Fsp3) is 0.929. The van der Waals surface area contributed by atoms with E-state index < -0.39 is 20.6 Å². The van der Waals surface area contributed by atoms with E-state index in [4.69, 9.17) is 23.4 Å². The Morgan fingerprint density at radius 3 is 2.18 bits per heavy atom. The molecule has 0 bridgehead atoms. The first-order valence-electron chi connectivity index (χ1n) is 7.38. The molecule has 0 aliphatic carbocycles. The second-order valence-corrected chi connectivity index (χ2v) is 10.8. The summed E-state index contributed by atoms with van der Waals surface area (Å²) < 4.78 is 28.4. The van der Waals surface area contributed by atoms with Crippen LogP contribution < -0.4 is 5.32 Å². The van der Waals surface area contributed by atoms with Gasteiger partial charge in [-0.15, -0.1) is 0 Å². The van der Waals surface area contributed by atoms with Crippen molar-refractivity contribution < 1.29 is 28.2 Å². The summed E-state index contributed by atoms with van der Waals surface area (Å²) in [6, 6.07) is -0.443. The smallest absolute Gasteiger partial charge is 0.217 e. The Hall–Kier alpha value is -0.513. The number of rotatable bonds is 7. The lowest BCUT2D eigenvalue weighted by molar-refractivity contribution is -0.264. The molecule has 0 aromatic rings. The predicted octanol–water partition coefficient (Wildman–Crippen LogP) is 0.744. The normalized spacial score (nSPS) is 32.8. The van der Waals surface area contributed by atoms with Gasteiger partial charge in [0.15, 0.2) is 14.6 Å². The lowest BCUT2D eigenvalue weighted by Crippen LogP contribution is -2.66. The van der Waals surface area contributed by atoms with E-state index in [1.807, 2.05) is 0 Å².